The summed E-state index contributed by atoms with van der Waals surface area (Å²) in [4.78, 5) is 0. The summed E-state index contributed by atoms with van der Waals surface area (Å²) >= 11 is 0. The molecule has 2 aromatic rings. The predicted octanol–water partition coefficient (Wildman–Crippen LogP) is 4.34. The van der Waals surface area contributed by atoms with E-state index in [4.69, 9.17) is 9.47 Å². The average Bonchev–Trinajstić information content (AvgIpc) is 3.04. The van der Waals surface area contributed by atoms with Gasteiger partial charge in [-0.15, -0.1) is 0 Å². The third-order valence-electron chi connectivity index (χ3n) is 7.18. The second-order valence-electron chi connectivity index (χ2n) is 9.94. The van der Waals surface area contributed by atoms with Crippen molar-refractivity contribution >= 4 is 0 Å². The fourth-order valence-electron chi connectivity index (χ4n) is 6.06. The number of aliphatic hydroxyl groups excluding tert-OH is 2. The van der Waals surface area contributed by atoms with E-state index in [-0.39, 0.29) is 29.5 Å². The van der Waals surface area contributed by atoms with Gasteiger partial charge in [-0.3, -0.25) is 0 Å². The van der Waals surface area contributed by atoms with Crippen LogP contribution in [0.15, 0.2) is 24.3 Å². The largest absolute Gasteiger partial charge is 0.493 e. The summed E-state index contributed by atoms with van der Waals surface area (Å²) < 4.78 is 11.3. The zero-order valence-corrected chi connectivity index (χ0v) is 18.3. The zero-order chi connectivity index (χ0) is 21.2. The molecule has 1 spiro atoms. The minimum absolute atomic E-state index is 0.0123. The molecule has 1 atom stereocenters. The number of hydrogen-bond donors (Lipinski definition) is 2. The van der Waals surface area contributed by atoms with Crippen LogP contribution in [0.2, 0.25) is 0 Å². The van der Waals surface area contributed by atoms with Crippen LogP contribution in [0, 0.1) is 0 Å². The lowest BCUT2D eigenvalue weighted by atomic mass is 9.72. The Bertz CT molecular complexity index is 892. The molecule has 0 amide bonds. The lowest BCUT2D eigenvalue weighted by Crippen LogP contribution is -2.27. The summed E-state index contributed by atoms with van der Waals surface area (Å²) in [5, 5.41) is 19.8. The van der Waals surface area contributed by atoms with E-state index in [0.717, 1.165) is 35.5 Å². The van der Waals surface area contributed by atoms with Crippen LogP contribution in [0.1, 0.15) is 73.9 Å². The normalized spacial score (nSPS) is 23.2. The molecule has 0 saturated heterocycles. The number of fused-ring (bicyclic) bond motifs is 4. The Morgan fingerprint density at radius 3 is 1.52 bits per heavy atom. The molecule has 156 valence electrons. The summed E-state index contributed by atoms with van der Waals surface area (Å²) in [6.07, 6.45) is 1.98. The maximum absolute atomic E-state index is 9.94. The predicted molar refractivity (Wildman–Crippen MR) is 114 cm³/mol. The van der Waals surface area contributed by atoms with E-state index >= 15 is 0 Å². The molecule has 0 bridgehead atoms. The third-order valence-corrected chi connectivity index (χ3v) is 7.18. The number of rotatable bonds is 4. The average molecular weight is 397 g/mol. The first kappa shape index (κ1) is 20.2. The van der Waals surface area contributed by atoms with Gasteiger partial charge in [0.25, 0.3) is 0 Å². The molecule has 4 nitrogen and oxygen atoms in total. The summed E-state index contributed by atoms with van der Waals surface area (Å²) in [6, 6.07) is 8.55. The fourth-order valence-corrected chi connectivity index (χ4v) is 6.06. The van der Waals surface area contributed by atoms with Crippen molar-refractivity contribution in [2.45, 2.75) is 70.0 Å². The summed E-state index contributed by atoms with van der Waals surface area (Å²) in [5.74, 6) is 1.52. The number of methoxy groups -OCH3 is 2. The molecule has 2 aliphatic rings. The van der Waals surface area contributed by atoms with E-state index in [0.29, 0.717) is 0 Å². The van der Waals surface area contributed by atoms with Crippen molar-refractivity contribution < 1.29 is 19.7 Å². The molecule has 0 heterocycles. The number of ether oxygens (including phenoxy) is 2. The van der Waals surface area contributed by atoms with Crippen molar-refractivity contribution in [1.82, 2.24) is 0 Å². The Labute approximate surface area is 173 Å². The first-order chi connectivity index (χ1) is 13.6. The van der Waals surface area contributed by atoms with Gasteiger partial charge in [0.15, 0.2) is 11.5 Å². The summed E-state index contributed by atoms with van der Waals surface area (Å²) in [6.45, 7) is 9.04. The van der Waals surface area contributed by atoms with Gasteiger partial charge in [0, 0.05) is 5.41 Å². The molecule has 0 aromatic heterocycles. The van der Waals surface area contributed by atoms with E-state index in [1.165, 1.54) is 22.3 Å². The number of hydrogen-bond acceptors (Lipinski definition) is 4. The monoisotopic (exact) mass is 396 g/mol. The molecule has 0 saturated carbocycles. The van der Waals surface area contributed by atoms with E-state index in [2.05, 4.69) is 52.0 Å². The van der Waals surface area contributed by atoms with Gasteiger partial charge >= 0.3 is 0 Å². The first-order valence-corrected chi connectivity index (χ1v) is 10.3. The van der Waals surface area contributed by atoms with Crippen LogP contribution in [-0.4, -0.2) is 24.4 Å². The van der Waals surface area contributed by atoms with Gasteiger partial charge in [0.2, 0.25) is 0 Å². The van der Waals surface area contributed by atoms with Crippen molar-refractivity contribution in [2.24, 2.45) is 0 Å². The molecule has 0 fully saturated rings. The zero-order valence-electron chi connectivity index (χ0n) is 18.3. The lowest BCUT2D eigenvalue weighted by molar-refractivity contribution is 0.259. The summed E-state index contributed by atoms with van der Waals surface area (Å²) in [7, 11) is 3.36. The molecule has 0 radical (unpaired) electrons. The highest BCUT2D eigenvalue weighted by Gasteiger charge is 2.56. The standard InChI is InChI=1S/C25H32O4/c1-23(2)13-25(19-8-16(12-27)15(11-26)7-17(19)23)14-24(3,4)18-9-21(28-5)22(29-6)10-20(18)25/h7-10,26-27H,11-14H2,1-6H3. The van der Waals surface area contributed by atoms with Crippen LogP contribution in [0.25, 0.3) is 0 Å². The molecule has 2 N–H and O–H groups in total. The van der Waals surface area contributed by atoms with Crippen LogP contribution in [0.5, 0.6) is 11.5 Å². The molecule has 2 aliphatic carbocycles. The van der Waals surface area contributed by atoms with Gasteiger partial charge in [0.05, 0.1) is 27.4 Å². The van der Waals surface area contributed by atoms with Crippen LogP contribution in [-0.2, 0) is 29.5 Å². The minimum atomic E-state index is -0.144. The van der Waals surface area contributed by atoms with E-state index in [1.54, 1.807) is 14.2 Å². The Kier molecular flexibility index (Phi) is 4.52. The quantitative estimate of drug-likeness (QED) is 0.807. The number of benzene rings is 2. The highest BCUT2D eigenvalue weighted by atomic mass is 16.5. The van der Waals surface area contributed by atoms with Gasteiger partial charge in [-0.25, -0.2) is 0 Å². The SMILES string of the molecule is COc1cc2c(cc1OC)C1(CC(C)(C)c3cc(CO)c(CO)cc31)CC2(C)C. The Morgan fingerprint density at radius 2 is 1.07 bits per heavy atom. The van der Waals surface area contributed by atoms with E-state index < -0.39 is 0 Å². The smallest absolute Gasteiger partial charge is 0.161 e. The van der Waals surface area contributed by atoms with Crippen molar-refractivity contribution in [3.05, 3.63) is 57.6 Å². The molecular weight excluding hydrogens is 364 g/mol. The van der Waals surface area contributed by atoms with E-state index in [1.807, 2.05) is 0 Å². The molecule has 2 aromatic carbocycles. The molecule has 1 unspecified atom stereocenters. The van der Waals surface area contributed by atoms with Gasteiger partial charge < -0.3 is 19.7 Å². The second kappa shape index (κ2) is 6.48. The van der Waals surface area contributed by atoms with Crippen LogP contribution in [0.4, 0.5) is 0 Å². The molecular formula is C25H32O4. The highest BCUT2D eigenvalue weighted by Crippen LogP contribution is 2.64. The van der Waals surface area contributed by atoms with Crippen LogP contribution in [0.3, 0.4) is 0 Å². The van der Waals surface area contributed by atoms with Gasteiger partial charge in [-0.05, 0) is 69.2 Å². The first-order valence-electron chi connectivity index (χ1n) is 10.3. The maximum atomic E-state index is 9.94. The third kappa shape index (κ3) is 2.72. The van der Waals surface area contributed by atoms with Crippen molar-refractivity contribution in [3.63, 3.8) is 0 Å². The molecule has 29 heavy (non-hydrogen) atoms. The topological polar surface area (TPSA) is 58.9 Å². The lowest BCUT2D eigenvalue weighted by Gasteiger charge is -2.31. The minimum Gasteiger partial charge on any atom is -0.493 e. The van der Waals surface area contributed by atoms with Gasteiger partial charge in [-0.1, -0.05) is 39.8 Å². The fraction of sp³-hybridized carbons (Fsp3) is 0.520. The van der Waals surface area contributed by atoms with E-state index in [9.17, 15) is 10.2 Å². The van der Waals surface area contributed by atoms with Crippen LogP contribution >= 0.6 is 0 Å². The number of aliphatic hydroxyl groups is 2. The Morgan fingerprint density at radius 1 is 0.690 bits per heavy atom. The molecule has 0 aliphatic heterocycles. The van der Waals surface area contributed by atoms with Crippen molar-refractivity contribution in [2.75, 3.05) is 14.2 Å². The van der Waals surface area contributed by atoms with Crippen LogP contribution < -0.4 is 9.47 Å². The van der Waals surface area contributed by atoms with Crippen molar-refractivity contribution in [3.8, 4) is 11.5 Å². The Hall–Kier alpha value is -2.04. The van der Waals surface area contributed by atoms with Gasteiger partial charge in [0.1, 0.15) is 0 Å². The Balaban J connectivity index is 2.04. The second-order valence-corrected chi connectivity index (χ2v) is 9.94. The molecule has 4 heteroatoms. The summed E-state index contributed by atoms with van der Waals surface area (Å²) in [5.41, 5.74) is 6.61. The van der Waals surface area contributed by atoms with Gasteiger partial charge in [-0.2, -0.15) is 0 Å². The molecule has 4 rings (SSSR count). The van der Waals surface area contributed by atoms with Crippen molar-refractivity contribution in [1.29, 1.82) is 0 Å². The maximum Gasteiger partial charge on any atom is 0.161 e. The highest BCUT2D eigenvalue weighted by molar-refractivity contribution is 5.64.